The number of nitrogens with zero attached hydrogens (tertiary/aromatic N) is 1. The highest BCUT2D eigenvalue weighted by atomic mass is 16.5. The third kappa shape index (κ3) is 5.37. The summed E-state index contributed by atoms with van der Waals surface area (Å²) in [5, 5.41) is 13.1. The van der Waals surface area contributed by atoms with Gasteiger partial charge >= 0.3 is 5.97 Å². The molecule has 0 amide bonds. The Balaban J connectivity index is 1.48. The summed E-state index contributed by atoms with van der Waals surface area (Å²) in [6.45, 7) is 8.80. The van der Waals surface area contributed by atoms with E-state index >= 15 is 0 Å². The van der Waals surface area contributed by atoms with Crippen LogP contribution in [0.5, 0.6) is 5.75 Å². The van der Waals surface area contributed by atoms with Crippen molar-refractivity contribution in [2.75, 3.05) is 19.7 Å². The minimum absolute atomic E-state index is 0.139. The number of esters is 1. The molecule has 2 N–H and O–H groups in total. The Morgan fingerprint density at radius 3 is 2.17 bits per heavy atom. The van der Waals surface area contributed by atoms with Crippen LogP contribution in [0.25, 0.3) is 11.1 Å². The normalized spacial score (nSPS) is 16.0. The summed E-state index contributed by atoms with van der Waals surface area (Å²) in [4.78, 5) is 14.4. The SMILES string of the molecule is CCOC(=O)C(C)(C)N1CCC(NCc2ccc(-c3ccc(O)cc3)cc2)CC1. The first kappa shape index (κ1) is 21.3. The molecule has 0 unspecified atom stereocenters. The molecule has 5 nitrogen and oxygen atoms in total. The van der Waals surface area contributed by atoms with Gasteiger partial charge < -0.3 is 15.2 Å². The number of hydrogen-bond donors (Lipinski definition) is 2. The van der Waals surface area contributed by atoms with E-state index < -0.39 is 5.54 Å². The number of ether oxygens (including phenoxy) is 1. The molecule has 1 heterocycles. The lowest BCUT2D eigenvalue weighted by atomic mass is 9.96. The maximum absolute atomic E-state index is 12.2. The van der Waals surface area contributed by atoms with Crippen LogP contribution in [0.2, 0.25) is 0 Å². The molecule has 5 heteroatoms. The molecule has 156 valence electrons. The fourth-order valence-corrected chi connectivity index (χ4v) is 3.81. The fraction of sp³-hybridized carbons (Fsp3) is 0.458. The lowest BCUT2D eigenvalue weighted by Crippen LogP contribution is -2.55. The van der Waals surface area contributed by atoms with Crippen molar-refractivity contribution in [1.29, 1.82) is 0 Å². The van der Waals surface area contributed by atoms with E-state index in [9.17, 15) is 9.90 Å². The molecule has 3 rings (SSSR count). The highest BCUT2D eigenvalue weighted by Crippen LogP contribution is 2.24. The lowest BCUT2D eigenvalue weighted by molar-refractivity contribution is -0.156. The molecule has 0 radical (unpaired) electrons. The maximum Gasteiger partial charge on any atom is 0.325 e. The van der Waals surface area contributed by atoms with E-state index in [1.54, 1.807) is 12.1 Å². The second kappa shape index (κ2) is 9.42. The summed E-state index contributed by atoms with van der Waals surface area (Å²) in [6.07, 6.45) is 2.04. The zero-order valence-electron chi connectivity index (χ0n) is 17.6. The number of carbonyl (C=O) groups excluding carboxylic acids is 1. The van der Waals surface area contributed by atoms with E-state index in [0.29, 0.717) is 12.6 Å². The van der Waals surface area contributed by atoms with Crippen LogP contribution in [0.1, 0.15) is 39.2 Å². The molecule has 29 heavy (non-hydrogen) atoms. The van der Waals surface area contributed by atoms with Crippen molar-refractivity contribution in [2.45, 2.75) is 51.7 Å². The van der Waals surface area contributed by atoms with Gasteiger partial charge in [0.05, 0.1) is 6.61 Å². The third-order valence-corrected chi connectivity index (χ3v) is 5.81. The van der Waals surface area contributed by atoms with Crippen molar-refractivity contribution in [3.63, 3.8) is 0 Å². The van der Waals surface area contributed by atoms with E-state index in [2.05, 4.69) is 34.5 Å². The number of phenols is 1. The molecule has 0 saturated carbocycles. The second-order valence-electron chi connectivity index (χ2n) is 8.17. The van der Waals surface area contributed by atoms with Crippen LogP contribution in [0.3, 0.4) is 0 Å². The average molecular weight is 397 g/mol. The standard InChI is InChI=1S/C24H32N2O3/c1-4-29-23(28)24(2,3)26-15-13-21(14-16-26)25-17-18-5-7-19(8-6-18)20-9-11-22(27)12-10-20/h5-12,21,25,27H,4,13-17H2,1-3H3. The highest BCUT2D eigenvalue weighted by Gasteiger charge is 2.37. The first-order valence-corrected chi connectivity index (χ1v) is 10.4. The van der Waals surface area contributed by atoms with Crippen molar-refractivity contribution in [1.82, 2.24) is 10.2 Å². The van der Waals surface area contributed by atoms with Crippen molar-refractivity contribution in [3.8, 4) is 16.9 Å². The first-order chi connectivity index (χ1) is 13.9. The second-order valence-corrected chi connectivity index (χ2v) is 8.17. The summed E-state index contributed by atoms with van der Waals surface area (Å²) in [6, 6.07) is 16.3. The van der Waals surface area contributed by atoms with Gasteiger partial charge in [-0.05, 0) is 62.4 Å². The van der Waals surface area contributed by atoms with E-state index in [1.165, 1.54) is 5.56 Å². The predicted molar refractivity (Wildman–Crippen MR) is 116 cm³/mol. The zero-order valence-corrected chi connectivity index (χ0v) is 17.6. The summed E-state index contributed by atoms with van der Waals surface area (Å²) >= 11 is 0. The number of aromatic hydroxyl groups is 1. The number of carbonyl (C=O) groups is 1. The molecule has 2 aromatic rings. The van der Waals surface area contributed by atoms with Crippen LogP contribution in [0.15, 0.2) is 48.5 Å². The number of piperidine rings is 1. The largest absolute Gasteiger partial charge is 0.508 e. The van der Waals surface area contributed by atoms with Crippen molar-refractivity contribution in [3.05, 3.63) is 54.1 Å². The van der Waals surface area contributed by atoms with Crippen LogP contribution in [0, 0.1) is 0 Å². The van der Waals surface area contributed by atoms with E-state index in [0.717, 1.165) is 43.6 Å². The average Bonchev–Trinajstić information content (AvgIpc) is 2.74. The van der Waals surface area contributed by atoms with Gasteiger partial charge in [0.1, 0.15) is 11.3 Å². The molecule has 1 saturated heterocycles. The molecule has 1 aliphatic rings. The topological polar surface area (TPSA) is 61.8 Å². The Bertz CT molecular complexity index is 792. The molecule has 2 aromatic carbocycles. The number of phenolic OH excluding ortho intramolecular Hbond substituents is 1. The Labute approximate surface area is 173 Å². The molecular weight excluding hydrogens is 364 g/mol. The van der Waals surface area contributed by atoms with Crippen molar-refractivity contribution < 1.29 is 14.6 Å². The van der Waals surface area contributed by atoms with E-state index in [4.69, 9.17) is 4.74 Å². The first-order valence-electron chi connectivity index (χ1n) is 10.4. The van der Waals surface area contributed by atoms with E-state index in [1.807, 2.05) is 32.9 Å². The van der Waals surface area contributed by atoms with Crippen molar-refractivity contribution in [2.24, 2.45) is 0 Å². The van der Waals surface area contributed by atoms with Gasteiger partial charge in [-0.3, -0.25) is 9.69 Å². The fourth-order valence-electron chi connectivity index (χ4n) is 3.81. The summed E-state index contributed by atoms with van der Waals surface area (Å²) in [7, 11) is 0. The molecule has 0 spiro atoms. The van der Waals surface area contributed by atoms with Gasteiger partial charge in [0, 0.05) is 25.7 Å². The number of benzene rings is 2. The Morgan fingerprint density at radius 2 is 1.62 bits per heavy atom. The Kier molecular flexibility index (Phi) is 6.93. The van der Waals surface area contributed by atoms with Crippen LogP contribution in [-0.2, 0) is 16.1 Å². The van der Waals surface area contributed by atoms with Crippen LogP contribution in [-0.4, -0.2) is 47.3 Å². The van der Waals surface area contributed by atoms with Gasteiger partial charge in [-0.25, -0.2) is 0 Å². The van der Waals surface area contributed by atoms with Crippen LogP contribution < -0.4 is 5.32 Å². The van der Waals surface area contributed by atoms with Gasteiger partial charge in [-0.15, -0.1) is 0 Å². The molecule has 1 aliphatic heterocycles. The third-order valence-electron chi connectivity index (χ3n) is 5.81. The molecular formula is C24H32N2O3. The van der Waals surface area contributed by atoms with E-state index in [-0.39, 0.29) is 11.7 Å². The minimum Gasteiger partial charge on any atom is -0.508 e. The number of nitrogens with one attached hydrogen (secondary N) is 1. The molecule has 0 aliphatic carbocycles. The quantitative estimate of drug-likeness (QED) is 0.694. The van der Waals surface area contributed by atoms with Gasteiger partial charge in [-0.2, -0.15) is 0 Å². The zero-order chi connectivity index (χ0) is 20.9. The molecule has 0 atom stereocenters. The summed E-state index contributed by atoms with van der Waals surface area (Å²) < 4.78 is 5.23. The number of likely N-dealkylation sites (tertiary alicyclic amines) is 1. The highest BCUT2D eigenvalue weighted by molar-refractivity contribution is 5.79. The monoisotopic (exact) mass is 396 g/mol. The van der Waals surface area contributed by atoms with Gasteiger partial charge in [0.2, 0.25) is 0 Å². The van der Waals surface area contributed by atoms with Crippen molar-refractivity contribution >= 4 is 5.97 Å². The molecule has 0 bridgehead atoms. The molecule has 0 aromatic heterocycles. The Hall–Kier alpha value is -2.37. The summed E-state index contributed by atoms with van der Waals surface area (Å²) in [5.41, 5.74) is 2.93. The lowest BCUT2D eigenvalue weighted by Gasteiger charge is -2.41. The van der Waals surface area contributed by atoms with Crippen LogP contribution >= 0.6 is 0 Å². The van der Waals surface area contributed by atoms with Gasteiger partial charge in [-0.1, -0.05) is 36.4 Å². The van der Waals surface area contributed by atoms with Gasteiger partial charge in [0.25, 0.3) is 0 Å². The number of rotatable bonds is 7. The Morgan fingerprint density at radius 1 is 1.07 bits per heavy atom. The minimum atomic E-state index is -0.564. The van der Waals surface area contributed by atoms with Gasteiger partial charge in [0.15, 0.2) is 0 Å². The summed E-state index contributed by atoms with van der Waals surface area (Å²) in [5.74, 6) is 0.145. The number of hydrogen-bond acceptors (Lipinski definition) is 5. The maximum atomic E-state index is 12.2. The smallest absolute Gasteiger partial charge is 0.325 e. The molecule has 1 fully saturated rings. The van der Waals surface area contributed by atoms with Crippen LogP contribution in [0.4, 0.5) is 0 Å². The predicted octanol–water partition coefficient (Wildman–Crippen LogP) is 3.95.